The molecule has 0 bridgehead atoms. The Bertz CT molecular complexity index is 6770. The lowest BCUT2D eigenvalue weighted by atomic mass is 9.81. The van der Waals surface area contributed by atoms with Gasteiger partial charge in [-0.3, -0.25) is 0 Å². The van der Waals surface area contributed by atoms with E-state index in [0.717, 1.165) is 76.1 Å². The number of hydrogen-bond acceptors (Lipinski definition) is 16. The molecule has 18 aromatic carbocycles. The lowest BCUT2D eigenvalue weighted by Gasteiger charge is -2.28. The van der Waals surface area contributed by atoms with Crippen LogP contribution in [0.1, 0.15) is 11.1 Å². The largest absolute Gasteiger partial charge is 0.504 e. The van der Waals surface area contributed by atoms with Crippen molar-refractivity contribution >= 4 is 86.2 Å². The maximum atomic E-state index is 13.8. The van der Waals surface area contributed by atoms with E-state index in [9.17, 15) is 10.2 Å². The number of phenolic OH excluding ortho intramolecular Hbond substituents is 2. The van der Waals surface area contributed by atoms with Crippen LogP contribution in [0.2, 0.25) is 0 Å². The van der Waals surface area contributed by atoms with Crippen molar-refractivity contribution in [1.29, 1.82) is 0 Å². The fraction of sp³-hybridized carbons (Fsp3) is 0.132. The number of rotatable bonds is 25. The number of methoxy groups -OCH3 is 12. The molecule has 0 fully saturated rings. The topological polar surface area (TPSA) is 170 Å². The Hall–Kier alpha value is -15.2. The van der Waals surface area contributed by atoms with Gasteiger partial charge >= 0.3 is 0 Å². The molecule has 18 rings (SSSR count). The van der Waals surface area contributed by atoms with Crippen LogP contribution in [0.25, 0.3) is 164 Å². The number of hydrogen-bond donors (Lipinski definition) is 2. The Balaban J connectivity index is 0.841. The van der Waals surface area contributed by atoms with Crippen LogP contribution >= 0.6 is 0 Å². The molecule has 16 heteroatoms. The minimum atomic E-state index is -0.288. The molecule has 16 nitrogen and oxygen atoms in total. The number of benzene rings is 18. The van der Waals surface area contributed by atoms with Gasteiger partial charge in [0.25, 0.3) is 0 Å². The second-order valence-electron chi connectivity index (χ2n) is 29.4. The molecular formula is C106H86O16. The quantitative estimate of drug-likeness (QED) is 0.0553. The molecule has 0 aliphatic rings. The van der Waals surface area contributed by atoms with E-state index >= 15 is 0 Å². The van der Waals surface area contributed by atoms with Gasteiger partial charge in [-0.1, -0.05) is 255 Å². The van der Waals surface area contributed by atoms with E-state index in [-0.39, 0.29) is 34.1 Å². The number of phenols is 2. The summed E-state index contributed by atoms with van der Waals surface area (Å²) < 4.78 is 93.6. The Kier molecular flexibility index (Phi) is 20.9. The molecule has 0 aliphatic heterocycles. The van der Waals surface area contributed by atoms with Crippen LogP contribution in [0.5, 0.6) is 92.0 Å². The summed E-state index contributed by atoms with van der Waals surface area (Å²) in [5, 5.41) is 39.7. The van der Waals surface area contributed by atoms with Crippen LogP contribution in [0, 0.1) is 0 Å². The maximum Gasteiger partial charge on any atom is 0.169 e. The van der Waals surface area contributed by atoms with E-state index < -0.39 is 0 Å². The van der Waals surface area contributed by atoms with Gasteiger partial charge in [0, 0.05) is 77.9 Å². The molecule has 2 N–H and O–H groups in total. The molecule has 0 saturated heterocycles. The molecule has 606 valence electrons. The summed E-state index contributed by atoms with van der Waals surface area (Å²) in [5.41, 5.74) is 9.99. The summed E-state index contributed by atoms with van der Waals surface area (Å²) in [4.78, 5) is 0. The fourth-order valence-corrected chi connectivity index (χ4v) is 18.5. The molecule has 18 aromatic rings. The third-order valence-electron chi connectivity index (χ3n) is 23.4. The first kappa shape index (κ1) is 78.0. The second-order valence-corrected chi connectivity index (χ2v) is 29.4. The number of aromatic hydroxyl groups is 2. The van der Waals surface area contributed by atoms with Crippen molar-refractivity contribution in [3.63, 3.8) is 0 Å². The molecule has 0 radical (unpaired) electrons. The third-order valence-corrected chi connectivity index (χ3v) is 23.4. The van der Waals surface area contributed by atoms with Gasteiger partial charge in [-0.05, 0) is 109 Å². The average Bonchev–Trinajstić information content (AvgIpc) is 0.693. The lowest BCUT2D eigenvalue weighted by molar-refractivity contribution is 0.285. The SMILES string of the molecule is COc1c(OCc2ccccc2)cc2ccccc2c1-c1c(OC)c(OC)c(-c2c(OC)c(OC)c(-c3c(OC)c(O)c(-c4c(O)c(OC)c(-c5c(OC)c(OC)c(-c6c(OC)c(OC)c(-c7c(OC)c(OCc8ccccc8)cc8ccccc78)c7ccccc67)c6ccccc56)c5ccccc45)c4ccccc34)c3ccccc23)c2ccccc12. The molecule has 122 heavy (non-hydrogen) atoms. The summed E-state index contributed by atoms with van der Waals surface area (Å²) in [5.74, 6) is 4.64. The van der Waals surface area contributed by atoms with E-state index in [4.69, 9.17) is 66.3 Å². The van der Waals surface area contributed by atoms with Crippen LogP contribution in [-0.4, -0.2) is 95.5 Å². The summed E-state index contributed by atoms with van der Waals surface area (Å²) in [6.45, 7) is 0.592. The third kappa shape index (κ3) is 12.3. The minimum absolute atomic E-state index is 0.0724. The molecule has 0 aliphatic carbocycles. The van der Waals surface area contributed by atoms with Crippen molar-refractivity contribution in [2.75, 3.05) is 85.3 Å². The molecule has 0 atom stereocenters. The van der Waals surface area contributed by atoms with E-state index in [2.05, 4.69) is 48.5 Å². The molecule has 0 unspecified atom stereocenters. The predicted octanol–water partition coefficient (Wildman–Crippen LogP) is 25.3. The molecule has 0 heterocycles. The van der Waals surface area contributed by atoms with Gasteiger partial charge in [0.15, 0.2) is 92.0 Å². The first-order valence-electron chi connectivity index (χ1n) is 39.8. The van der Waals surface area contributed by atoms with Gasteiger partial charge in [-0.15, -0.1) is 0 Å². The highest BCUT2D eigenvalue weighted by Gasteiger charge is 2.39. The Morgan fingerprint density at radius 3 is 0.541 bits per heavy atom. The smallest absolute Gasteiger partial charge is 0.169 e. The average molecular weight is 1620 g/mol. The standard InChI is InChI=1S/C106H86O16/c1-109-95-77(121-57-59-35-15-13-16-36-59)55-61-39-19-21-41-63(61)81(95)85-69-47-27-31-51-73(69)89(103(117-9)99(85)113-5)91-75-53-33-29-49-71(75)87(101(115-7)105(91)119-11)83-67-45-25-23-43-65(67)79(93(107)97(83)111-3)80-66-44-24-26-46-68(66)84(98(112-4)94(80)108)88-72-50-30-34-54-76(72)92(106(120-12)102(88)116-8)90-74-52-32-28-48-70(74)86(100(114-6)104(90)118-10)82-64-42-22-20-40-62(64)56-78(96(82)110-2)122-58-60-37-17-14-18-38-60/h13-56,107-108H,57-58H2,1-12H3. The Morgan fingerprint density at radius 2 is 0.336 bits per heavy atom. The van der Waals surface area contributed by atoms with Gasteiger partial charge in [0.1, 0.15) is 13.2 Å². The van der Waals surface area contributed by atoms with Crippen LogP contribution in [0.4, 0.5) is 0 Å². The molecular weight excluding hydrogens is 1530 g/mol. The summed E-state index contributed by atoms with van der Waals surface area (Å²) >= 11 is 0. The highest BCUT2D eigenvalue weighted by atomic mass is 16.5. The zero-order valence-corrected chi connectivity index (χ0v) is 69.4. The highest BCUT2D eigenvalue weighted by molar-refractivity contribution is 6.27. The van der Waals surface area contributed by atoms with Crippen molar-refractivity contribution in [1.82, 2.24) is 0 Å². The first-order chi connectivity index (χ1) is 60.0. The monoisotopic (exact) mass is 1610 g/mol. The number of fused-ring (bicyclic) bond motifs is 8. The summed E-state index contributed by atoms with van der Waals surface area (Å²) in [6.07, 6.45) is 0. The van der Waals surface area contributed by atoms with Crippen LogP contribution < -0.4 is 66.3 Å². The lowest BCUT2D eigenvalue weighted by Crippen LogP contribution is -2.04. The maximum absolute atomic E-state index is 13.8. The van der Waals surface area contributed by atoms with Crippen molar-refractivity contribution in [2.24, 2.45) is 0 Å². The van der Waals surface area contributed by atoms with E-state index in [1.54, 1.807) is 71.1 Å². The predicted molar refractivity (Wildman–Crippen MR) is 488 cm³/mol. The summed E-state index contributed by atoms with van der Waals surface area (Å²) in [6, 6.07) is 88.1. The molecule has 0 aromatic heterocycles. The zero-order chi connectivity index (χ0) is 84.1. The summed E-state index contributed by atoms with van der Waals surface area (Å²) in [7, 11) is 19.3. The van der Waals surface area contributed by atoms with Gasteiger partial charge in [-0.25, -0.2) is 0 Å². The Morgan fingerprint density at radius 1 is 0.172 bits per heavy atom. The number of ether oxygens (including phenoxy) is 14. The molecule has 0 amide bonds. The van der Waals surface area contributed by atoms with E-state index in [0.29, 0.717) is 170 Å². The molecule has 0 spiro atoms. The van der Waals surface area contributed by atoms with Crippen molar-refractivity contribution in [2.45, 2.75) is 13.2 Å². The minimum Gasteiger partial charge on any atom is -0.504 e. The van der Waals surface area contributed by atoms with Crippen molar-refractivity contribution < 1.29 is 76.5 Å². The zero-order valence-electron chi connectivity index (χ0n) is 69.4. The van der Waals surface area contributed by atoms with Crippen molar-refractivity contribution in [3.05, 3.63) is 278 Å². The molecule has 0 saturated carbocycles. The second kappa shape index (κ2) is 32.6. The van der Waals surface area contributed by atoms with E-state index in [1.807, 2.05) is 218 Å². The van der Waals surface area contributed by atoms with Gasteiger partial charge in [0.2, 0.25) is 0 Å². The van der Waals surface area contributed by atoms with Gasteiger partial charge < -0.3 is 76.5 Å². The van der Waals surface area contributed by atoms with Crippen LogP contribution in [-0.2, 0) is 13.2 Å². The van der Waals surface area contributed by atoms with Crippen molar-refractivity contribution in [3.8, 4) is 170 Å². The van der Waals surface area contributed by atoms with Gasteiger partial charge in [-0.2, -0.15) is 0 Å². The van der Waals surface area contributed by atoms with E-state index in [1.165, 1.54) is 14.2 Å². The highest BCUT2D eigenvalue weighted by Crippen LogP contribution is 2.67. The van der Waals surface area contributed by atoms with Gasteiger partial charge in [0.05, 0.1) is 85.3 Å². The van der Waals surface area contributed by atoms with Crippen LogP contribution in [0.15, 0.2) is 267 Å². The fourth-order valence-electron chi connectivity index (χ4n) is 18.5. The Labute approximate surface area is 705 Å². The normalized spacial score (nSPS) is 11.4. The van der Waals surface area contributed by atoms with Crippen LogP contribution in [0.3, 0.4) is 0 Å². The first-order valence-corrected chi connectivity index (χ1v) is 39.8.